The van der Waals surface area contributed by atoms with Gasteiger partial charge in [-0.2, -0.15) is 5.10 Å². The van der Waals surface area contributed by atoms with Gasteiger partial charge < -0.3 is 15.4 Å². The number of ether oxygens (including phenoxy) is 1. The highest BCUT2D eigenvalue weighted by Gasteiger charge is 2.06. The van der Waals surface area contributed by atoms with Gasteiger partial charge in [0.1, 0.15) is 5.75 Å². The van der Waals surface area contributed by atoms with Crippen molar-refractivity contribution in [3.8, 4) is 5.75 Å². The van der Waals surface area contributed by atoms with E-state index in [1.54, 1.807) is 47.4 Å². The maximum absolute atomic E-state index is 6.11. The van der Waals surface area contributed by atoms with E-state index in [1.165, 1.54) is 0 Å². The molecule has 5 nitrogen and oxygen atoms in total. The van der Waals surface area contributed by atoms with E-state index in [2.05, 4.69) is 15.7 Å². The molecule has 134 valence electrons. The molecule has 0 aliphatic rings. The minimum absolute atomic E-state index is 0.241. The molecule has 1 aromatic heterocycles. The maximum Gasteiger partial charge on any atom is 0.180 e. The predicted octanol–water partition coefficient (Wildman–Crippen LogP) is 5.69. The Balaban J connectivity index is 1.55. The minimum Gasteiger partial charge on any atom is -0.471 e. The van der Waals surface area contributed by atoms with E-state index in [9.17, 15) is 0 Å². The van der Waals surface area contributed by atoms with Gasteiger partial charge in [0.2, 0.25) is 0 Å². The zero-order valence-corrected chi connectivity index (χ0v) is 16.3. The zero-order chi connectivity index (χ0) is 18.5. The van der Waals surface area contributed by atoms with Crippen molar-refractivity contribution in [3.63, 3.8) is 0 Å². The van der Waals surface area contributed by atoms with E-state index in [1.807, 2.05) is 12.1 Å². The number of rotatable bonds is 5. The molecule has 9 heteroatoms. The number of hydrogen-bond donors (Lipinski definition) is 2. The van der Waals surface area contributed by atoms with Crippen LogP contribution in [0, 0.1) is 0 Å². The average molecular weight is 428 g/mol. The second-order valence-electron chi connectivity index (χ2n) is 5.20. The number of nitrogens with one attached hydrogen (secondary N) is 2. The van der Waals surface area contributed by atoms with Crippen LogP contribution in [0.4, 0.5) is 11.4 Å². The van der Waals surface area contributed by atoms with Gasteiger partial charge in [-0.05, 0) is 48.6 Å². The molecule has 0 bridgehead atoms. The maximum atomic E-state index is 6.11. The number of anilines is 2. The molecule has 1 heterocycles. The first-order chi connectivity index (χ1) is 12.5. The van der Waals surface area contributed by atoms with Crippen molar-refractivity contribution >= 4 is 63.5 Å². The normalized spacial score (nSPS) is 10.4. The van der Waals surface area contributed by atoms with Crippen LogP contribution in [0.1, 0.15) is 0 Å². The molecule has 0 unspecified atom stereocenters. The average Bonchev–Trinajstić information content (AvgIpc) is 3.03. The molecular formula is C17H13Cl3N4OS. The van der Waals surface area contributed by atoms with Gasteiger partial charge in [0.25, 0.3) is 0 Å². The molecule has 0 saturated carbocycles. The summed E-state index contributed by atoms with van der Waals surface area (Å²) in [5.74, 6) is 0.664. The molecule has 0 aliphatic carbocycles. The van der Waals surface area contributed by atoms with E-state index in [0.29, 0.717) is 37.3 Å². The van der Waals surface area contributed by atoms with Gasteiger partial charge in [0.05, 0.1) is 28.8 Å². The summed E-state index contributed by atoms with van der Waals surface area (Å²) in [5, 5.41) is 12.3. The van der Waals surface area contributed by atoms with Crippen molar-refractivity contribution in [2.45, 2.75) is 6.73 Å². The van der Waals surface area contributed by atoms with Crippen molar-refractivity contribution in [3.05, 3.63) is 69.9 Å². The number of thiocarbonyl (C=S) groups is 1. The van der Waals surface area contributed by atoms with Crippen molar-refractivity contribution in [2.75, 3.05) is 10.6 Å². The molecule has 0 aliphatic heterocycles. The Morgan fingerprint density at radius 3 is 2.65 bits per heavy atom. The molecule has 3 aromatic rings. The monoisotopic (exact) mass is 426 g/mol. The Hall–Kier alpha value is -1.99. The Kier molecular flexibility index (Phi) is 6.21. The lowest BCUT2D eigenvalue weighted by atomic mass is 10.3. The van der Waals surface area contributed by atoms with Crippen LogP contribution in [0.2, 0.25) is 15.1 Å². The highest BCUT2D eigenvalue weighted by Crippen LogP contribution is 2.25. The molecule has 0 spiro atoms. The summed E-state index contributed by atoms with van der Waals surface area (Å²) in [6, 6.07) is 12.3. The topological polar surface area (TPSA) is 51.1 Å². The fraction of sp³-hybridized carbons (Fsp3) is 0.0588. The molecule has 0 fully saturated rings. The number of hydrogen-bond acceptors (Lipinski definition) is 3. The largest absolute Gasteiger partial charge is 0.471 e. The third-order valence-corrected chi connectivity index (χ3v) is 4.22. The summed E-state index contributed by atoms with van der Waals surface area (Å²) in [6.07, 6.45) is 3.40. The van der Waals surface area contributed by atoms with Crippen LogP contribution in [0.3, 0.4) is 0 Å². The quantitative estimate of drug-likeness (QED) is 0.512. The van der Waals surface area contributed by atoms with Crippen molar-refractivity contribution in [1.29, 1.82) is 0 Å². The summed E-state index contributed by atoms with van der Waals surface area (Å²) < 4.78 is 7.25. The van der Waals surface area contributed by atoms with Crippen LogP contribution in [0.15, 0.2) is 54.9 Å². The molecule has 3 rings (SSSR count). The van der Waals surface area contributed by atoms with E-state index in [4.69, 9.17) is 51.8 Å². The van der Waals surface area contributed by atoms with Crippen molar-refractivity contribution in [1.82, 2.24) is 9.78 Å². The molecule has 0 radical (unpaired) electrons. The number of halogens is 3. The Morgan fingerprint density at radius 2 is 1.88 bits per heavy atom. The molecule has 26 heavy (non-hydrogen) atoms. The minimum atomic E-state index is 0.241. The fourth-order valence-corrected chi connectivity index (χ4v) is 2.94. The van der Waals surface area contributed by atoms with Crippen molar-refractivity contribution < 1.29 is 4.74 Å². The fourth-order valence-electron chi connectivity index (χ4n) is 2.07. The molecule has 2 aromatic carbocycles. The first-order valence-electron chi connectivity index (χ1n) is 7.43. The van der Waals surface area contributed by atoms with Gasteiger partial charge in [-0.3, -0.25) is 0 Å². The van der Waals surface area contributed by atoms with Gasteiger partial charge in [0, 0.05) is 10.0 Å². The summed E-state index contributed by atoms with van der Waals surface area (Å²) in [5.41, 5.74) is 1.37. The molecule has 0 amide bonds. The van der Waals surface area contributed by atoms with Crippen LogP contribution in [-0.2, 0) is 6.73 Å². The van der Waals surface area contributed by atoms with Crippen LogP contribution >= 0.6 is 47.0 Å². The highest BCUT2D eigenvalue weighted by molar-refractivity contribution is 7.80. The highest BCUT2D eigenvalue weighted by atomic mass is 35.5. The van der Waals surface area contributed by atoms with Crippen LogP contribution < -0.4 is 15.4 Å². The lowest BCUT2D eigenvalue weighted by molar-refractivity contribution is 0.221. The molecule has 0 atom stereocenters. The zero-order valence-electron chi connectivity index (χ0n) is 13.2. The summed E-state index contributed by atoms with van der Waals surface area (Å²) in [6.45, 7) is 0.241. The lowest BCUT2D eigenvalue weighted by Gasteiger charge is -2.10. The van der Waals surface area contributed by atoms with E-state index >= 15 is 0 Å². The van der Waals surface area contributed by atoms with Gasteiger partial charge in [0.15, 0.2) is 11.8 Å². The first-order valence-corrected chi connectivity index (χ1v) is 8.98. The first kappa shape index (κ1) is 18.8. The summed E-state index contributed by atoms with van der Waals surface area (Å²) in [4.78, 5) is 0. The van der Waals surface area contributed by atoms with Gasteiger partial charge in [-0.25, -0.2) is 4.68 Å². The Labute approximate surface area is 170 Å². The number of nitrogens with zero attached hydrogens (tertiary/aromatic N) is 2. The number of benzene rings is 2. The van der Waals surface area contributed by atoms with Crippen LogP contribution in [0.5, 0.6) is 5.75 Å². The smallest absolute Gasteiger partial charge is 0.180 e. The second-order valence-corrected chi connectivity index (χ2v) is 6.89. The summed E-state index contributed by atoms with van der Waals surface area (Å²) in [7, 11) is 0. The van der Waals surface area contributed by atoms with E-state index in [0.717, 1.165) is 0 Å². The van der Waals surface area contributed by atoms with Gasteiger partial charge >= 0.3 is 0 Å². The molecule has 2 N–H and O–H groups in total. The van der Waals surface area contributed by atoms with E-state index < -0.39 is 0 Å². The molecule has 0 saturated heterocycles. The third-order valence-electron chi connectivity index (χ3n) is 3.23. The predicted molar refractivity (Wildman–Crippen MR) is 111 cm³/mol. The number of aromatic nitrogens is 2. The standard InChI is InChI=1S/C17H13Cl3N4OS/c18-11-2-1-3-14(6-11)25-10-24-9-13(8-21-24)22-17(26)23-16-5-4-12(19)7-15(16)20/h1-9H,10H2,(H2,22,23,26). The third kappa shape index (κ3) is 5.25. The summed E-state index contributed by atoms with van der Waals surface area (Å²) >= 11 is 23.2. The Morgan fingerprint density at radius 1 is 1.08 bits per heavy atom. The van der Waals surface area contributed by atoms with Gasteiger partial charge in [-0.1, -0.05) is 40.9 Å². The second kappa shape index (κ2) is 8.60. The van der Waals surface area contributed by atoms with Crippen LogP contribution in [0.25, 0.3) is 0 Å². The van der Waals surface area contributed by atoms with E-state index in [-0.39, 0.29) is 6.73 Å². The lowest BCUT2D eigenvalue weighted by Crippen LogP contribution is -2.19. The molecular weight excluding hydrogens is 415 g/mol. The Bertz CT molecular complexity index is 932. The van der Waals surface area contributed by atoms with Gasteiger partial charge in [-0.15, -0.1) is 0 Å². The SMILES string of the molecule is S=C(Nc1cnn(COc2cccc(Cl)c2)c1)Nc1ccc(Cl)cc1Cl. The van der Waals surface area contributed by atoms with Crippen molar-refractivity contribution in [2.24, 2.45) is 0 Å². The van der Waals surface area contributed by atoms with Crippen LogP contribution in [-0.4, -0.2) is 14.9 Å².